The summed E-state index contributed by atoms with van der Waals surface area (Å²) in [5.74, 6) is -0.611. The Hall–Kier alpha value is -4.17. The molecule has 0 unspecified atom stereocenters. The molecule has 4 rings (SSSR count). The predicted octanol–water partition coefficient (Wildman–Crippen LogP) is 2.61. The van der Waals surface area contributed by atoms with Crippen LogP contribution in [0.4, 0.5) is 5.69 Å². The lowest BCUT2D eigenvalue weighted by Crippen LogP contribution is -2.40. The molecule has 8 heteroatoms. The molecule has 4 aromatic rings. The second-order valence-corrected chi connectivity index (χ2v) is 7.68. The highest BCUT2D eigenvalue weighted by Crippen LogP contribution is 2.13. The highest BCUT2D eigenvalue weighted by atomic mass is 16.5. The van der Waals surface area contributed by atoms with Crippen molar-refractivity contribution >= 4 is 22.5 Å². The number of hydroxylamine groups is 1. The first-order valence-electron chi connectivity index (χ1n) is 10.5. The maximum atomic E-state index is 13.4. The molecule has 168 valence electrons. The van der Waals surface area contributed by atoms with Crippen molar-refractivity contribution in [2.45, 2.75) is 19.5 Å². The van der Waals surface area contributed by atoms with Crippen LogP contribution < -0.4 is 22.0 Å². The van der Waals surface area contributed by atoms with E-state index in [4.69, 9.17) is 5.21 Å². The van der Waals surface area contributed by atoms with Gasteiger partial charge in [-0.2, -0.15) is 0 Å². The first-order chi connectivity index (χ1) is 16.0. The molecule has 0 radical (unpaired) electrons. The smallest absolute Gasteiger partial charge is 0.331 e. The van der Waals surface area contributed by atoms with Crippen LogP contribution in [0.1, 0.15) is 21.5 Å². The minimum absolute atomic E-state index is 0.232. The van der Waals surface area contributed by atoms with E-state index in [2.05, 4.69) is 5.32 Å². The number of nitrogens with one attached hydrogen (secondary N) is 2. The molecule has 1 amide bonds. The normalized spacial score (nSPS) is 10.8. The SMILES string of the molecule is CNc1cccc(CCn2c(=O)c3ccccc3n(Cc3ccc(C(=O)NO)cc3)c2=O)c1. The van der Waals surface area contributed by atoms with Crippen LogP contribution >= 0.6 is 0 Å². The van der Waals surface area contributed by atoms with Crippen LogP contribution in [-0.2, 0) is 19.5 Å². The Morgan fingerprint density at radius 1 is 0.909 bits per heavy atom. The van der Waals surface area contributed by atoms with Gasteiger partial charge in [-0.15, -0.1) is 0 Å². The standard InChI is InChI=1S/C25H24N4O4/c1-26-20-6-4-5-17(15-20)13-14-28-24(31)21-7-2-3-8-22(21)29(25(28)32)16-18-9-11-19(12-10-18)23(30)27-33/h2-12,15,26,33H,13-14,16H2,1H3,(H,27,30). The largest absolute Gasteiger partial charge is 0.388 e. The number of fused-ring (bicyclic) bond motifs is 1. The van der Waals surface area contributed by atoms with Gasteiger partial charge in [0.2, 0.25) is 0 Å². The van der Waals surface area contributed by atoms with Crippen LogP contribution in [-0.4, -0.2) is 27.3 Å². The molecular formula is C25H24N4O4. The zero-order valence-electron chi connectivity index (χ0n) is 18.1. The number of carbonyl (C=O) groups is 1. The average Bonchev–Trinajstić information content (AvgIpc) is 2.86. The van der Waals surface area contributed by atoms with Crippen molar-refractivity contribution in [2.75, 3.05) is 12.4 Å². The number of carbonyl (C=O) groups excluding carboxylic acids is 1. The first-order valence-corrected chi connectivity index (χ1v) is 10.5. The van der Waals surface area contributed by atoms with E-state index >= 15 is 0 Å². The quantitative estimate of drug-likeness (QED) is 0.300. The van der Waals surface area contributed by atoms with E-state index in [1.165, 1.54) is 4.57 Å². The van der Waals surface area contributed by atoms with Crippen molar-refractivity contribution in [1.29, 1.82) is 0 Å². The number of amides is 1. The summed E-state index contributed by atoms with van der Waals surface area (Å²) in [6.45, 7) is 0.487. The van der Waals surface area contributed by atoms with Gasteiger partial charge < -0.3 is 5.32 Å². The Balaban J connectivity index is 1.72. The number of anilines is 1. The first kappa shape index (κ1) is 22.0. The van der Waals surface area contributed by atoms with E-state index in [9.17, 15) is 14.4 Å². The molecule has 0 saturated heterocycles. The fraction of sp³-hybridized carbons (Fsp3) is 0.160. The Kier molecular flexibility index (Phi) is 6.37. The Labute approximate surface area is 189 Å². The summed E-state index contributed by atoms with van der Waals surface area (Å²) in [6, 6.07) is 21.5. The van der Waals surface area contributed by atoms with Crippen molar-refractivity contribution in [2.24, 2.45) is 0 Å². The summed E-state index contributed by atoms with van der Waals surface area (Å²) in [4.78, 5) is 38.1. The van der Waals surface area contributed by atoms with Gasteiger partial charge in [-0.25, -0.2) is 10.3 Å². The van der Waals surface area contributed by atoms with E-state index in [0.29, 0.717) is 22.9 Å². The van der Waals surface area contributed by atoms with Gasteiger partial charge in [0.15, 0.2) is 0 Å². The van der Waals surface area contributed by atoms with Gasteiger partial charge in [-0.05, 0) is 53.9 Å². The van der Waals surface area contributed by atoms with Gasteiger partial charge in [0.25, 0.3) is 11.5 Å². The van der Waals surface area contributed by atoms with E-state index < -0.39 is 5.91 Å². The molecule has 1 heterocycles. The number of hydrogen-bond acceptors (Lipinski definition) is 5. The molecule has 0 aliphatic heterocycles. The highest BCUT2D eigenvalue weighted by Gasteiger charge is 2.14. The minimum Gasteiger partial charge on any atom is -0.388 e. The van der Waals surface area contributed by atoms with Crippen LogP contribution in [0, 0.1) is 0 Å². The van der Waals surface area contributed by atoms with E-state index in [1.54, 1.807) is 58.6 Å². The monoisotopic (exact) mass is 444 g/mol. The lowest BCUT2D eigenvalue weighted by molar-refractivity contribution is 0.0706. The van der Waals surface area contributed by atoms with Gasteiger partial charge in [-0.1, -0.05) is 36.4 Å². The van der Waals surface area contributed by atoms with E-state index in [0.717, 1.165) is 16.8 Å². The molecule has 33 heavy (non-hydrogen) atoms. The molecule has 0 atom stereocenters. The van der Waals surface area contributed by atoms with E-state index in [-0.39, 0.29) is 24.3 Å². The van der Waals surface area contributed by atoms with Crippen LogP contribution in [0.15, 0.2) is 82.4 Å². The second kappa shape index (κ2) is 9.54. The number of aromatic nitrogens is 2. The molecule has 0 bridgehead atoms. The molecule has 0 saturated carbocycles. The Morgan fingerprint density at radius 3 is 2.39 bits per heavy atom. The maximum absolute atomic E-state index is 13.4. The molecule has 3 aromatic carbocycles. The number of aryl methyl sites for hydroxylation is 1. The van der Waals surface area contributed by atoms with Crippen LogP contribution in [0.5, 0.6) is 0 Å². The Bertz CT molecular complexity index is 1420. The summed E-state index contributed by atoms with van der Waals surface area (Å²) in [5, 5.41) is 12.3. The van der Waals surface area contributed by atoms with Crippen molar-refractivity contribution in [3.63, 3.8) is 0 Å². The summed E-state index contributed by atoms with van der Waals surface area (Å²) in [5.41, 5.74) is 4.51. The molecule has 8 nitrogen and oxygen atoms in total. The molecule has 0 fully saturated rings. The molecule has 0 aliphatic rings. The number of rotatable bonds is 7. The number of nitrogens with zero attached hydrogens (tertiary/aromatic N) is 2. The zero-order chi connectivity index (χ0) is 23.4. The molecule has 3 N–H and O–H groups in total. The van der Waals surface area contributed by atoms with Gasteiger partial charge in [-0.3, -0.25) is 23.9 Å². The minimum atomic E-state index is -0.611. The lowest BCUT2D eigenvalue weighted by Gasteiger charge is -2.15. The fourth-order valence-electron chi connectivity index (χ4n) is 3.85. The molecule has 1 aromatic heterocycles. The summed E-state index contributed by atoms with van der Waals surface area (Å²) < 4.78 is 2.85. The predicted molar refractivity (Wildman–Crippen MR) is 127 cm³/mol. The lowest BCUT2D eigenvalue weighted by atomic mass is 10.1. The van der Waals surface area contributed by atoms with Gasteiger partial charge in [0, 0.05) is 24.8 Å². The van der Waals surface area contributed by atoms with Gasteiger partial charge in [0.1, 0.15) is 0 Å². The number of para-hydroxylation sites is 1. The molecular weight excluding hydrogens is 420 g/mol. The van der Waals surface area contributed by atoms with Crippen molar-refractivity contribution in [1.82, 2.24) is 14.6 Å². The summed E-state index contributed by atoms with van der Waals surface area (Å²) in [7, 11) is 1.84. The van der Waals surface area contributed by atoms with Crippen LogP contribution in [0.2, 0.25) is 0 Å². The van der Waals surface area contributed by atoms with Crippen molar-refractivity contribution < 1.29 is 10.0 Å². The third-order valence-corrected chi connectivity index (χ3v) is 5.63. The fourth-order valence-corrected chi connectivity index (χ4v) is 3.85. The van der Waals surface area contributed by atoms with Gasteiger partial charge in [0.05, 0.1) is 17.4 Å². The molecule has 0 aliphatic carbocycles. The number of hydrogen-bond donors (Lipinski definition) is 3. The third kappa shape index (κ3) is 4.56. The number of benzene rings is 3. The Morgan fingerprint density at radius 2 is 1.67 bits per heavy atom. The van der Waals surface area contributed by atoms with Crippen molar-refractivity contribution in [3.8, 4) is 0 Å². The highest BCUT2D eigenvalue weighted by molar-refractivity contribution is 5.93. The summed E-state index contributed by atoms with van der Waals surface area (Å²) in [6.07, 6.45) is 0.536. The van der Waals surface area contributed by atoms with Crippen LogP contribution in [0.25, 0.3) is 10.9 Å². The zero-order valence-corrected chi connectivity index (χ0v) is 18.1. The van der Waals surface area contributed by atoms with Crippen molar-refractivity contribution in [3.05, 3.63) is 110 Å². The second-order valence-electron chi connectivity index (χ2n) is 7.68. The molecule has 0 spiro atoms. The summed E-state index contributed by atoms with van der Waals surface area (Å²) >= 11 is 0. The van der Waals surface area contributed by atoms with Gasteiger partial charge >= 0.3 is 5.69 Å². The maximum Gasteiger partial charge on any atom is 0.331 e. The third-order valence-electron chi connectivity index (χ3n) is 5.63. The van der Waals surface area contributed by atoms with E-state index in [1.807, 2.05) is 31.3 Å². The average molecular weight is 444 g/mol. The topological polar surface area (TPSA) is 105 Å². The van der Waals surface area contributed by atoms with Crippen LogP contribution in [0.3, 0.4) is 0 Å².